The average molecular weight is 487 g/mol. The molecule has 0 aliphatic rings. The third-order valence-electron chi connectivity index (χ3n) is 5.01. The molecule has 10 heteroatoms. The maximum atomic E-state index is 13.8. The molecule has 1 atom stereocenters. The zero-order chi connectivity index (χ0) is 25.4. The summed E-state index contributed by atoms with van der Waals surface area (Å²) in [6, 6.07) is 16.6. The third kappa shape index (κ3) is 6.73. The van der Waals surface area contributed by atoms with E-state index in [-0.39, 0.29) is 28.3 Å². The van der Waals surface area contributed by atoms with E-state index < -0.39 is 30.6 Å². The predicted octanol–water partition coefficient (Wildman–Crippen LogP) is 4.79. The van der Waals surface area contributed by atoms with Gasteiger partial charge in [-0.05, 0) is 42.0 Å². The maximum absolute atomic E-state index is 13.8. The summed E-state index contributed by atoms with van der Waals surface area (Å²) in [5.41, 5.74) is 0.744. The van der Waals surface area contributed by atoms with E-state index in [1.54, 1.807) is 42.5 Å². The van der Waals surface area contributed by atoms with Crippen molar-refractivity contribution in [2.24, 2.45) is 0 Å². The molecule has 0 aliphatic heterocycles. The lowest BCUT2D eigenvalue weighted by Gasteiger charge is -2.23. The fourth-order valence-electron chi connectivity index (χ4n) is 3.35. The maximum Gasteiger partial charge on any atom is 0.407 e. The number of amides is 2. The molecular formula is C25H24F3N3O4. The van der Waals surface area contributed by atoms with Crippen molar-refractivity contribution in [2.75, 3.05) is 31.4 Å². The second-order valence-electron chi connectivity index (χ2n) is 7.38. The molecule has 7 nitrogen and oxygen atoms in total. The molecule has 3 aromatic rings. The first kappa shape index (κ1) is 25.6. The highest BCUT2D eigenvalue weighted by molar-refractivity contribution is 6.10. The van der Waals surface area contributed by atoms with Crippen LogP contribution in [-0.4, -0.2) is 38.8 Å². The first-order chi connectivity index (χ1) is 16.7. The number of rotatable bonds is 9. The zero-order valence-electron chi connectivity index (χ0n) is 19.0. The van der Waals surface area contributed by atoms with Crippen LogP contribution in [0, 0.1) is 0 Å². The number of nitrogens with one attached hydrogen (secondary N) is 3. The number of anilines is 2. The van der Waals surface area contributed by atoms with Crippen LogP contribution in [0.15, 0.2) is 72.8 Å². The van der Waals surface area contributed by atoms with E-state index in [1.165, 1.54) is 44.6 Å². The van der Waals surface area contributed by atoms with Gasteiger partial charge in [-0.2, -0.15) is 13.2 Å². The molecule has 0 saturated heterocycles. The summed E-state index contributed by atoms with van der Waals surface area (Å²) in [5.74, 6) is -0.817. The smallest absolute Gasteiger partial charge is 0.407 e. The summed E-state index contributed by atoms with van der Waals surface area (Å²) in [4.78, 5) is 25.2. The van der Waals surface area contributed by atoms with Crippen molar-refractivity contribution in [1.29, 1.82) is 0 Å². The molecule has 1 unspecified atom stereocenters. The molecular weight excluding hydrogens is 463 g/mol. The van der Waals surface area contributed by atoms with Gasteiger partial charge >= 0.3 is 6.18 Å². The number of hydrogen-bond donors (Lipinski definition) is 3. The molecule has 0 bridgehead atoms. The van der Waals surface area contributed by atoms with Crippen molar-refractivity contribution >= 4 is 23.2 Å². The molecule has 0 spiro atoms. The van der Waals surface area contributed by atoms with Crippen LogP contribution in [-0.2, 0) is 4.79 Å². The van der Waals surface area contributed by atoms with Gasteiger partial charge in [-0.3, -0.25) is 14.9 Å². The fourth-order valence-corrected chi connectivity index (χ4v) is 3.35. The Balaban J connectivity index is 1.71. The number of carbonyl (C=O) groups is 2. The quantitative estimate of drug-likeness (QED) is 0.404. The summed E-state index contributed by atoms with van der Waals surface area (Å²) in [5, 5.41) is 7.45. The number of halogens is 3. The van der Waals surface area contributed by atoms with Crippen LogP contribution in [0.25, 0.3) is 0 Å². The van der Waals surface area contributed by atoms with Gasteiger partial charge in [0, 0.05) is 5.69 Å². The van der Waals surface area contributed by atoms with E-state index in [2.05, 4.69) is 16.0 Å². The molecule has 3 rings (SSSR count). The largest absolute Gasteiger partial charge is 0.493 e. The molecule has 0 saturated carbocycles. The van der Waals surface area contributed by atoms with Crippen molar-refractivity contribution in [3.8, 4) is 11.5 Å². The van der Waals surface area contributed by atoms with Crippen LogP contribution < -0.4 is 25.4 Å². The number of methoxy groups -OCH3 is 2. The Morgan fingerprint density at radius 2 is 1.51 bits per heavy atom. The van der Waals surface area contributed by atoms with Crippen LogP contribution in [0.2, 0.25) is 0 Å². The SMILES string of the molecule is COc1ccc(C(NCC(=O)Nc2ccccc2C(=O)Nc2ccccc2)C(F)(F)F)cc1OC. The van der Waals surface area contributed by atoms with Crippen LogP contribution in [0.4, 0.5) is 24.5 Å². The van der Waals surface area contributed by atoms with E-state index >= 15 is 0 Å². The second kappa shape index (κ2) is 11.4. The second-order valence-corrected chi connectivity index (χ2v) is 7.38. The molecule has 0 aromatic heterocycles. The van der Waals surface area contributed by atoms with E-state index in [9.17, 15) is 22.8 Å². The van der Waals surface area contributed by atoms with Gasteiger partial charge in [0.25, 0.3) is 5.91 Å². The van der Waals surface area contributed by atoms with Crippen molar-refractivity contribution in [2.45, 2.75) is 12.2 Å². The van der Waals surface area contributed by atoms with Crippen molar-refractivity contribution < 1.29 is 32.2 Å². The molecule has 3 aromatic carbocycles. The molecule has 35 heavy (non-hydrogen) atoms. The minimum Gasteiger partial charge on any atom is -0.493 e. The number of ether oxygens (including phenoxy) is 2. The molecule has 0 radical (unpaired) electrons. The molecule has 3 N–H and O–H groups in total. The van der Waals surface area contributed by atoms with Gasteiger partial charge in [0.2, 0.25) is 5.91 Å². The Hall–Kier alpha value is -4.05. The van der Waals surface area contributed by atoms with E-state index in [1.807, 2.05) is 0 Å². The highest BCUT2D eigenvalue weighted by Gasteiger charge is 2.41. The highest BCUT2D eigenvalue weighted by Crippen LogP contribution is 2.37. The lowest BCUT2D eigenvalue weighted by atomic mass is 10.1. The van der Waals surface area contributed by atoms with E-state index in [0.717, 1.165) is 0 Å². The summed E-state index contributed by atoms with van der Waals surface area (Å²) < 4.78 is 51.4. The molecule has 0 heterocycles. The first-order valence-corrected chi connectivity index (χ1v) is 10.5. The van der Waals surface area contributed by atoms with Gasteiger partial charge in [-0.25, -0.2) is 0 Å². The number of carbonyl (C=O) groups excluding carboxylic acids is 2. The molecule has 184 valence electrons. The standard InChI is InChI=1S/C25H24F3N3O4/c1-34-20-13-12-16(14-21(20)35-2)23(25(26,27)28)29-15-22(32)31-19-11-7-6-10-18(19)24(33)30-17-8-4-3-5-9-17/h3-14,23,29H,15H2,1-2H3,(H,30,33)(H,31,32). The van der Waals surface area contributed by atoms with E-state index in [4.69, 9.17) is 9.47 Å². The van der Waals surface area contributed by atoms with Gasteiger partial charge in [-0.15, -0.1) is 0 Å². The minimum absolute atomic E-state index is 0.129. The fraction of sp³-hybridized carbons (Fsp3) is 0.200. The normalized spacial score (nSPS) is 11.9. The monoisotopic (exact) mass is 487 g/mol. The van der Waals surface area contributed by atoms with Gasteiger partial charge in [0.05, 0.1) is 32.0 Å². The lowest BCUT2D eigenvalue weighted by molar-refractivity contribution is -0.158. The third-order valence-corrected chi connectivity index (χ3v) is 5.01. The topological polar surface area (TPSA) is 88.7 Å². The van der Waals surface area contributed by atoms with Gasteiger partial charge in [-0.1, -0.05) is 36.4 Å². The Labute approximate surface area is 200 Å². The zero-order valence-corrected chi connectivity index (χ0v) is 19.0. The van der Waals surface area contributed by atoms with Crippen LogP contribution in [0.1, 0.15) is 22.0 Å². The Bertz CT molecular complexity index is 1170. The number of hydrogen-bond acceptors (Lipinski definition) is 5. The van der Waals surface area contributed by atoms with E-state index in [0.29, 0.717) is 5.69 Å². The summed E-state index contributed by atoms with van der Waals surface area (Å²) >= 11 is 0. The summed E-state index contributed by atoms with van der Waals surface area (Å²) in [7, 11) is 2.69. The average Bonchev–Trinajstić information content (AvgIpc) is 2.84. The molecule has 0 aliphatic carbocycles. The minimum atomic E-state index is -4.69. The summed E-state index contributed by atoms with van der Waals surface area (Å²) in [6.45, 7) is -0.660. The first-order valence-electron chi connectivity index (χ1n) is 10.5. The van der Waals surface area contributed by atoms with Crippen LogP contribution in [0.5, 0.6) is 11.5 Å². The number of alkyl halides is 3. The van der Waals surface area contributed by atoms with Gasteiger partial charge < -0.3 is 20.1 Å². The predicted molar refractivity (Wildman–Crippen MR) is 126 cm³/mol. The van der Waals surface area contributed by atoms with Crippen molar-refractivity contribution in [1.82, 2.24) is 5.32 Å². The Morgan fingerprint density at radius 3 is 2.17 bits per heavy atom. The van der Waals surface area contributed by atoms with Gasteiger partial charge in [0.15, 0.2) is 11.5 Å². The lowest BCUT2D eigenvalue weighted by Crippen LogP contribution is -2.39. The number of benzene rings is 3. The van der Waals surface area contributed by atoms with Gasteiger partial charge in [0.1, 0.15) is 6.04 Å². The Morgan fingerprint density at radius 1 is 0.857 bits per heavy atom. The van der Waals surface area contributed by atoms with Crippen molar-refractivity contribution in [3.05, 3.63) is 83.9 Å². The highest BCUT2D eigenvalue weighted by atomic mass is 19.4. The van der Waals surface area contributed by atoms with Crippen LogP contribution in [0.3, 0.4) is 0 Å². The van der Waals surface area contributed by atoms with Crippen LogP contribution >= 0.6 is 0 Å². The number of para-hydroxylation sites is 2. The molecule has 0 fully saturated rings. The Kier molecular flexibility index (Phi) is 8.32. The van der Waals surface area contributed by atoms with Crippen molar-refractivity contribution in [3.63, 3.8) is 0 Å². The molecule has 2 amide bonds. The summed E-state index contributed by atoms with van der Waals surface area (Å²) in [6.07, 6.45) is -4.69.